The van der Waals surface area contributed by atoms with E-state index >= 15 is 0 Å². The average molecular weight is 451 g/mol. The maximum Gasteiger partial charge on any atom is 0.338 e. The summed E-state index contributed by atoms with van der Waals surface area (Å²) in [5.41, 5.74) is 1.64. The van der Waals surface area contributed by atoms with Crippen LogP contribution in [0.1, 0.15) is 35.7 Å². The molecule has 0 saturated carbocycles. The number of rotatable bonds is 6. The molecule has 0 unspecified atom stereocenters. The lowest BCUT2D eigenvalue weighted by Crippen LogP contribution is -2.30. The van der Waals surface area contributed by atoms with E-state index < -0.39 is 28.0 Å². The highest BCUT2D eigenvalue weighted by molar-refractivity contribution is 7.89. The second-order valence-corrected chi connectivity index (χ2v) is 9.47. The molecule has 1 N–H and O–H groups in total. The second kappa shape index (κ2) is 9.16. The topological polar surface area (TPSA) is 92.8 Å². The van der Waals surface area contributed by atoms with Crippen LogP contribution in [0.3, 0.4) is 0 Å². The van der Waals surface area contributed by atoms with Gasteiger partial charge in [0.15, 0.2) is 6.10 Å². The smallest absolute Gasteiger partial charge is 0.338 e. The van der Waals surface area contributed by atoms with E-state index in [1.807, 2.05) is 19.1 Å². The monoisotopic (exact) mass is 450 g/mol. The summed E-state index contributed by atoms with van der Waals surface area (Å²) in [5.74, 6) is -1.30. The highest BCUT2D eigenvalue weighted by atomic mass is 35.5. The van der Waals surface area contributed by atoms with E-state index in [2.05, 4.69) is 5.32 Å². The zero-order valence-electron chi connectivity index (χ0n) is 16.7. The third kappa shape index (κ3) is 5.00. The predicted molar refractivity (Wildman–Crippen MR) is 114 cm³/mol. The molecule has 0 aliphatic carbocycles. The molecule has 160 valence electrons. The van der Waals surface area contributed by atoms with Crippen LogP contribution >= 0.6 is 11.6 Å². The number of carbonyl (C=O) groups excluding carboxylic acids is 2. The number of hydrogen-bond acceptors (Lipinski definition) is 5. The summed E-state index contributed by atoms with van der Waals surface area (Å²) < 4.78 is 32.2. The van der Waals surface area contributed by atoms with Gasteiger partial charge in [-0.15, -0.1) is 0 Å². The molecule has 30 heavy (non-hydrogen) atoms. The van der Waals surface area contributed by atoms with Crippen molar-refractivity contribution in [1.29, 1.82) is 0 Å². The number of nitrogens with zero attached hydrogens (tertiary/aromatic N) is 1. The predicted octanol–water partition coefficient (Wildman–Crippen LogP) is 3.62. The average Bonchev–Trinajstić information content (AvgIpc) is 3.25. The Morgan fingerprint density at radius 2 is 1.73 bits per heavy atom. The van der Waals surface area contributed by atoms with E-state index in [1.54, 1.807) is 12.1 Å². The molecule has 7 nitrogen and oxygen atoms in total. The summed E-state index contributed by atoms with van der Waals surface area (Å²) in [6.45, 7) is 4.21. The lowest BCUT2D eigenvalue weighted by atomic mass is 10.2. The first-order chi connectivity index (χ1) is 14.2. The van der Waals surface area contributed by atoms with Crippen LogP contribution in [0.4, 0.5) is 5.69 Å². The van der Waals surface area contributed by atoms with Crippen LogP contribution in [-0.2, 0) is 19.6 Å². The summed E-state index contributed by atoms with van der Waals surface area (Å²) >= 11 is 6.10. The zero-order valence-corrected chi connectivity index (χ0v) is 18.3. The Hall–Kier alpha value is -2.42. The van der Waals surface area contributed by atoms with Gasteiger partial charge < -0.3 is 10.1 Å². The molecule has 2 aromatic carbocycles. The third-order valence-corrected chi connectivity index (χ3v) is 7.20. The van der Waals surface area contributed by atoms with Crippen molar-refractivity contribution in [2.45, 2.75) is 37.7 Å². The molecule has 9 heteroatoms. The summed E-state index contributed by atoms with van der Waals surface area (Å²) in [7, 11) is -3.80. The number of sulfonamides is 1. The first-order valence-electron chi connectivity index (χ1n) is 9.56. The Kier molecular flexibility index (Phi) is 6.80. The fourth-order valence-corrected chi connectivity index (χ4v) is 5.08. The first-order valence-corrected chi connectivity index (χ1v) is 11.4. The fraction of sp³-hybridized carbons (Fsp3) is 0.333. The Morgan fingerprint density at radius 1 is 1.10 bits per heavy atom. The largest absolute Gasteiger partial charge is 0.449 e. The molecule has 2 aromatic rings. The highest BCUT2D eigenvalue weighted by Crippen LogP contribution is 2.28. The molecule has 1 amide bonds. The normalized spacial score (nSPS) is 15.6. The molecule has 0 spiro atoms. The van der Waals surface area contributed by atoms with Gasteiger partial charge in [0.2, 0.25) is 10.0 Å². The van der Waals surface area contributed by atoms with Gasteiger partial charge in [-0.2, -0.15) is 4.31 Å². The standard InChI is InChI=1S/C21H23ClN2O5S/c1-14-5-8-17(9-6-14)23-20(25)15(2)29-21(26)16-7-10-18(22)19(13-16)30(27,28)24-11-3-4-12-24/h5-10,13,15H,3-4,11-12H2,1-2H3,(H,23,25)/t15-/m0/s1. The van der Waals surface area contributed by atoms with Crippen molar-refractivity contribution >= 4 is 39.2 Å². The van der Waals surface area contributed by atoms with Gasteiger partial charge in [-0.1, -0.05) is 29.3 Å². The number of carbonyl (C=O) groups is 2. The number of ether oxygens (including phenoxy) is 1. The number of halogens is 1. The van der Waals surface area contributed by atoms with Gasteiger partial charge >= 0.3 is 5.97 Å². The summed E-state index contributed by atoms with van der Waals surface area (Å²) in [6.07, 6.45) is 0.492. The van der Waals surface area contributed by atoms with Crippen molar-refractivity contribution in [3.8, 4) is 0 Å². The Morgan fingerprint density at radius 3 is 2.37 bits per heavy atom. The van der Waals surface area contributed by atoms with Gasteiger partial charge in [0.1, 0.15) is 4.90 Å². The van der Waals surface area contributed by atoms with Crippen LogP contribution in [0.2, 0.25) is 5.02 Å². The summed E-state index contributed by atoms with van der Waals surface area (Å²) in [4.78, 5) is 24.7. The minimum atomic E-state index is -3.80. The number of nitrogens with one attached hydrogen (secondary N) is 1. The Bertz CT molecular complexity index is 1050. The van der Waals surface area contributed by atoms with Crippen molar-refractivity contribution in [1.82, 2.24) is 4.31 Å². The molecule has 1 atom stereocenters. The van der Waals surface area contributed by atoms with Crippen LogP contribution in [0, 0.1) is 6.92 Å². The SMILES string of the molecule is Cc1ccc(NC(=O)[C@H](C)OC(=O)c2ccc(Cl)c(S(=O)(=O)N3CCCC3)c2)cc1. The molecule has 1 aliphatic heterocycles. The maximum absolute atomic E-state index is 12.8. The zero-order chi connectivity index (χ0) is 21.9. The highest BCUT2D eigenvalue weighted by Gasteiger charge is 2.30. The quantitative estimate of drug-likeness (QED) is 0.678. The molecule has 0 aromatic heterocycles. The molecular weight excluding hydrogens is 428 g/mol. The number of aryl methyl sites for hydroxylation is 1. The first kappa shape index (κ1) is 22.3. The van der Waals surface area contributed by atoms with Gasteiger partial charge in [0.05, 0.1) is 10.6 Å². The van der Waals surface area contributed by atoms with Crippen LogP contribution < -0.4 is 5.32 Å². The summed E-state index contributed by atoms with van der Waals surface area (Å²) in [5, 5.41) is 2.70. The van der Waals surface area contributed by atoms with E-state index in [4.69, 9.17) is 16.3 Å². The molecule has 3 rings (SSSR count). The van der Waals surface area contributed by atoms with Gasteiger partial charge in [-0.25, -0.2) is 13.2 Å². The summed E-state index contributed by atoms with van der Waals surface area (Å²) in [6, 6.07) is 11.1. The maximum atomic E-state index is 12.8. The molecule has 1 aliphatic rings. The van der Waals surface area contributed by atoms with Crippen molar-refractivity contribution in [2.75, 3.05) is 18.4 Å². The van der Waals surface area contributed by atoms with Crippen LogP contribution in [-0.4, -0.2) is 43.8 Å². The van der Waals surface area contributed by atoms with Gasteiger partial charge in [-0.3, -0.25) is 4.79 Å². The number of anilines is 1. The lowest BCUT2D eigenvalue weighted by molar-refractivity contribution is -0.123. The lowest BCUT2D eigenvalue weighted by Gasteiger charge is -2.17. The van der Waals surface area contributed by atoms with E-state index in [0.29, 0.717) is 18.8 Å². The number of benzene rings is 2. The van der Waals surface area contributed by atoms with Crippen molar-refractivity contribution < 1.29 is 22.7 Å². The van der Waals surface area contributed by atoms with E-state index in [1.165, 1.54) is 29.4 Å². The molecule has 0 bridgehead atoms. The van der Waals surface area contributed by atoms with Crippen molar-refractivity contribution in [3.63, 3.8) is 0 Å². The number of amides is 1. The van der Waals surface area contributed by atoms with E-state index in [-0.39, 0.29) is 15.5 Å². The Labute approximate surface area is 181 Å². The van der Waals surface area contributed by atoms with Crippen LogP contribution in [0.15, 0.2) is 47.4 Å². The molecule has 1 heterocycles. The van der Waals surface area contributed by atoms with Crippen LogP contribution in [0.25, 0.3) is 0 Å². The molecule has 0 radical (unpaired) electrons. The van der Waals surface area contributed by atoms with Gasteiger partial charge in [0.25, 0.3) is 5.91 Å². The van der Waals surface area contributed by atoms with Gasteiger partial charge in [0, 0.05) is 18.8 Å². The van der Waals surface area contributed by atoms with Crippen molar-refractivity contribution in [3.05, 3.63) is 58.6 Å². The number of esters is 1. The Balaban J connectivity index is 1.72. The van der Waals surface area contributed by atoms with E-state index in [0.717, 1.165) is 18.4 Å². The van der Waals surface area contributed by atoms with Crippen LogP contribution in [0.5, 0.6) is 0 Å². The molecule has 1 saturated heterocycles. The molecular formula is C21H23ClN2O5S. The van der Waals surface area contributed by atoms with Crippen molar-refractivity contribution in [2.24, 2.45) is 0 Å². The fourth-order valence-electron chi connectivity index (χ4n) is 3.06. The van der Waals surface area contributed by atoms with E-state index in [9.17, 15) is 18.0 Å². The second-order valence-electron chi connectivity index (χ2n) is 7.16. The minimum absolute atomic E-state index is 0.00663. The third-order valence-electron chi connectivity index (χ3n) is 4.82. The number of hydrogen-bond donors (Lipinski definition) is 1. The van der Waals surface area contributed by atoms with Gasteiger partial charge in [-0.05, 0) is 57.0 Å². The minimum Gasteiger partial charge on any atom is -0.449 e. The molecule has 1 fully saturated rings.